The van der Waals surface area contributed by atoms with Crippen LogP contribution in [0.2, 0.25) is 0 Å². The van der Waals surface area contributed by atoms with Crippen molar-refractivity contribution in [3.05, 3.63) is 65.2 Å². The van der Waals surface area contributed by atoms with Crippen LogP contribution in [-0.2, 0) is 26.2 Å². The van der Waals surface area contributed by atoms with Crippen molar-refractivity contribution in [3.63, 3.8) is 0 Å². The fourth-order valence-corrected chi connectivity index (χ4v) is 4.45. The smallest absolute Gasteiger partial charge is 0.244 e. The summed E-state index contributed by atoms with van der Waals surface area (Å²) in [5.41, 5.74) is 3.29. The van der Waals surface area contributed by atoms with Crippen LogP contribution >= 0.6 is 0 Å². The molecule has 0 saturated heterocycles. The lowest BCUT2D eigenvalue weighted by Gasteiger charge is -2.33. The zero-order chi connectivity index (χ0) is 24.8. The summed E-state index contributed by atoms with van der Waals surface area (Å²) in [7, 11) is -3.73. The molecule has 2 rings (SSSR count). The number of carbonyl (C=O) groups is 2. The Labute approximate surface area is 197 Å². The molecule has 0 saturated carbocycles. The molecule has 0 heterocycles. The third-order valence-corrected chi connectivity index (χ3v) is 6.56. The van der Waals surface area contributed by atoms with Gasteiger partial charge in [0.2, 0.25) is 21.8 Å². The highest BCUT2D eigenvalue weighted by atomic mass is 32.2. The largest absolute Gasteiger partial charge is 0.352 e. The van der Waals surface area contributed by atoms with Gasteiger partial charge in [-0.1, -0.05) is 48.9 Å². The SMILES string of the molecule is CCC(C(=O)NC(C)C)N(Cc1ccccc1C)C(=O)CN(c1ccc(C)cc1)S(C)(=O)=O. The quantitative estimate of drug-likeness (QED) is 0.573. The first-order chi connectivity index (χ1) is 15.4. The van der Waals surface area contributed by atoms with E-state index in [2.05, 4.69) is 5.32 Å². The van der Waals surface area contributed by atoms with Gasteiger partial charge in [-0.05, 0) is 57.4 Å². The number of anilines is 1. The highest BCUT2D eigenvalue weighted by Crippen LogP contribution is 2.21. The molecule has 0 spiro atoms. The van der Waals surface area contributed by atoms with Gasteiger partial charge in [0.05, 0.1) is 11.9 Å². The van der Waals surface area contributed by atoms with E-state index in [-0.39, 0.29) is 25.0 Å². The molecule has 1 unspecified atom stereocenters. The number of nitrogens with one attached hydrogen (secondary N) is 1. The number of carbonyl (C=O) groups excluding carboxylic acids is 2. The number of hydrogen-bond donors (Lipinski definition) is 1. The first kappa shape index (κ1) is 26.4. The van der Waals surface area contributed by atoms with Crippen LogP contribution in [0.5, 0.6) is 0 Å². The number of amides is 2. The molecule has 2 aromatic carbocycles. The van der Waals surface area contributed by atoms with Crippen molar-refractivity contribution in [3.8, 4) is 0 Å². The maximum Gasteiger partial charge on any atom is 0.244 e. The van der Waals surface area contributed by atoms with E-state index in [1.165, 1.54) is 4.90 Å². The first-order valence-electron chi connectivity index (χ1n) is 11.1. The summed E-state index contributed by atoms with van der Waals surface area (Å²) in [6.07, 6.45) is 1.48. The number of benzene rings is 2. The third kappa shape index (κ3) is 7.32. The van der Waals surface area contributed by atoms with Gasteiger partial charge in [0.25, 0.3) is 0 Å². The Morgan fingerprint density at radius 1 is 1.00 bits per heavy atom. The average Bonchev–Trinajstić information content (AvgIpc) is 2.72. The second-order valence-electron chi connectivity index (χ2n) is 8.64. The van der Waals surface area contributed by atoms with E-state index < -0.39 is 22.0 Å². The Kier molecular flexibility index (Phi) is 9.05. The van der Waals surface area contributed by atoms with Gasteiger partial charge in [0.15, 0.2) is 0 Å². The molecule has 1 N–H and O–H groups in total. The van der Waals surface area contributed by atoms with E-state index in [4.69, 9.17) is 0 Å². The van der Waals surface area contributed by atoms with Crippen LogP contribution in [0.3, 0.4) is 0 Å². The lowest BCUT2D eigenvalue weighted by molar-refractivity contribution is -0.140. The van der Waals surface area contributed by atoms with E-state index in [1.807, 2.05) is 58.9 Å². The lowest BCUT2D eigenvalue weighted by Crippen LogP contribution is -2.53. The van der Waals surface area contributed by atoms with Gasteiger partial charge in [-0.3, -0.25) is 13.9 Å². The highest BCUT2D eigenvalue weighted by Gasteiger charge is 2.32. The Balaban J connectivity index is 2.44. The van der Waals surface area contributed by atoms with Gasteiger partial charge in [-0.2, -0.15) is 0 Å². The summed E-state index contributed by atoms with van der Waals surface area (Å²) in [5.74, 6) is -0.689. The van der Waals surface area contributed by atoms with Crippen LogP contribution in [0, 0.1) is 13.8 Å². The topological polar surface area (TPSA) is 86.8 Å². The van der Waals surface area contributed by atoms with Gasteiger partial charge in [0, 0.05) is 12.6 Å². The van der Waals surface area contributed by atoms with Crippen molar-refractivity contribution in [2.24, 2.45) is 0 Å². The number of sulfonamides is 1. The summed E-state index contributed by atoms with van der Waals surface area (Å²) < 4.78 is 26.3. The number of aryl methyl sites for hydroxylation is 2. The van der Waals surface area contributed by atoms with Gasteiger partial charge < -0.3 is 10.2 Å². The molecule has 8 heteroatoms. The molecule has 7 nitrogen and oxygen atoms in total. The molecule has 33 heavy (non-hydrogen) atoms. The van der Waals surface area contributed by atoms with Crippen molar-refractivity contribution < 1.29 is 18.0 Å². The molecule has 1 atom stereocenters. The van der Waals surface area contributed by atoms with E-state index in [0.29, 0.717) is 12.1 Å². The monoisotopic (exact) mass is 473 g/mol. The molecule has 0 bridgehead atoms. The van der Waals surface area contributed by atoms with Crippen LogP contribution in [0.25, 0.3) is 0 Å². The first-order valence-corrected chi connectivity index (χ1v) is 13.0. The Morgan fingerprint density at radius 2 is 1.61 bits per heavy atom. The molecule has 0 aliphatic carbocycles. The molecule has 0 aliphatic rings. The van der Waals surface area contributed by atoms with Crippen LogP contribution in [0.1, 0.15) is 43.9 Å². The van der Waals surface area contributed by atoms with Gasteiger partial charge in [-0.15, -0.1) is 0 Å². The fraction of sp³-hybridized carbons (Fsp3) is 0.440. The minimum Gasteiger partial charge on any atom is -0.352 e. The highest BCUT2D eigenvalue weighted by molar-refractivity contribution is 7.92. The van der Waals surface area contributed by atoms with Crippen molar-refractivity contribution in [2.75, 3.05) is 17.1 Å². The van der Waals surface area contributed by atoms with Crippen LogP contribution in [0.15, 0.2) is 48.5 Å². The summed E-state index contributed by atoms with van der Waals surface area (Å²) in [6.45, 7) is 9.24. The fourth-order valence-electron chi connectivity index (χ4n) is 3.60. The maximum absolute atomic E-state index is 13.6. The number of hydrogen-bond acceptors (Lipinski definition) is 4. The lowest BCUT2D eigenvalue weighted by atomic mass is 10.1. The molecule has 0 fully saturated rings. The Bertz CT molecular complexity index is 1070. The molecule has 180 valence electrons. The average molecular weight is 474 g/mol. The van der Waals surface area contributed by atoms with Crippen LogP contribution in [-0.4, -0.2) is 50.0 Å². The van der Waals surface area contributed by atoms with E-state index in [1.54, 1.807) is 24.3 Å². The summed E-state index contributed by atoms with van der Waals surface area (Å²) in [5, 5.41) is 2.89. The standard InChI is InChI=1S/C25H35N3O4S/c1-7-23(25(30)26-18(2)3)27(16-21-11-9-8-10-20(21)5)24(29)17-28(33(6,31)32)22-14-12-19(4)13-15-22/h8-15,18,23H,7,16-17H2,1-6H3,(H,26,30). The minimum absolute atomic E-state index is 0.0814. The molecular formula is C25H35N3O4S. The second kappa shape index (κ2) is 11.3. The van der Waals surface area contributed by atoms with Crippen LogP contribution in [0.4, 0.5) is 5.69 Å². The number of rotatable bonds is 10. The summed E-state index contributed by atoms with van der Waals surface area (Å²) in [6, 6.07) is 13.8. The van der Waals surface area contributed by atoms with Crippen molar-refractivity contribution in [1.82, 2.24) is 10.2 Å². The number of nitrogens with zero attached hydrogens (tertiary/aromatic N) is 2. The molecule has 0 aliphatic heterocycles. The van der Waals surface area contributed by atoms with Crippen LogP contribution < -0.4 is 9.62 Å². The van der Waals surface area contributed by atoms with Gasteiger partial charge >= 0.3 is 0 Å². The zero-order valence-corrected chi connectivity index (χ0v) is 21.1. The van der Waals surface area contributed by atoms with Crippen molar-refractivity contribution >= 4 is 27.5 Å². The molecular weight excluding hydrogens is 438 g/mol. The zero-order valence-electron chi connectivity index (χ0n) is 20.3. The summed E-state index contributed by atoms with van der Waals surface area (Å²) in [4.78, 5) is 28.0. The predicted octanol–water partition coefficient (Wildman–Crippen LogP) is 3.40. The Hall–Kier alpha value is -2.87. The minimum atomic E-state index is -3.73. The van der Waals surface area contributed by atoms with Crippen molar-refractivity contribution in [2.45, 2.75) is 59.7 Å². The van der Waals surface area contributed by atoms with E-state index in [9.17, 15) is 18.0 Å². The summed E-state index contributed by atoms with van der Waals surface area (Å²) >= 11 is 0. The second-order valence-corrected chi connectivity index (χ2v) is 10.5. The van der Waals surface area contributed by atoms with Gasteiger partial charge in [-0.25, -0.2) is 8.42 Å². The predicted molar refractivity (Wildman–Crippen MR) is 132 cm³/mol. The van der Waals surface area contributed by atoms with Gasteiger partial charge in [0.1, 0.15) is 12.6 Å². The molecule has 2 aromatic rings. The van der Waals surface area contributed by atoms with E-state index >= 15 is 0 Å². The molecule has 0 radical (unpaired) electrons. The molecule has 2 amide bonds. The van der Waals surface area contributed by atoms with Crippen molar-refractivity contribution in [1.29, 1.82) is 0 Å². The third-order valence-electron chi connectivity index (χ3n) is 5.42. The van der Waals surface area contributed by atoms with E-state index in [0.717, 1.165) is 27.3 Å². The molecule has 0 aromatic heterocycles. The maximum atomic E-state index is 13.6. The Morgan fingerprint density at radius 3 is 2.12 bits per heavy atom. The normalized spacial score (nSPS) is 12.3.